The van der Waals surface area contributed by atoms with Crippen LogP contribution in [0.1, 0.15) is 5.56 Å². The highest BCUT2D eigenvalue weighted by Gasteiger charge is 2.35. The van der Waals surface area contributed by atoms with Gasteiger partial charge in [0.1, 0.15) is 4.90 Å². The molecule has 0 bridgehead atoms. The molecule has 6 nitrogen and oxygen atoms in total. The Morgan fingerprint density at radius 2 is 1.74 bits per heavy atom. The second kappa shape index (κ2) is 5.78. The summed E-state index contributed by atoms with van der Waals surface area (Å²) in [6, 6.07) is 3.86. The van der Waals surface area contributed by atoms with Crippen LogP contribution < -0.4 is 0 Å². The Hall–Kier alpha value is -2.20. The van der Waals surface area contributed by atoms with Crippen LogP contribution >= 0.6 is 11.6 Å². The molecule has 11 heteroatoms. The molecular formula is C12H6ClF3N2O4S. The molecule has 23 heavy (non-hydrogen) atoms. The molecule has 0 amide bonds. The van der Waals surface area contributed by atoms with Crippen LogP contribution in [0.25, 0.3) is 0 Å². The number of hydrogen-bond acceptors (Lipinski definition) is 5. The highest BCUT2D eigenvalue weighted by atomic mass is 35.5. The zero-order valence-electron chi connectivity index (χ0n) is 10.9. The molecule has 1 aromatic heterocycles. The maximum atomic E-state index is 12.8. The molecule has 0 saturated carbocycles. The molecule has 2 rings (SSSR count). The molecule has 0 atom stereocenters. The standard InChI is InChI=1S/C12H6ClF3N2O4S/c13-10-3-1-7(5-9(10)12(14,15)16)23(21,22)8-2-4-11(17-6-8)18(19)20/h1-6H. The number of benzene rings is 1. The first-order valence-electron chi connectivity index (χ1n) is 5.76. The van der Waals surface area contributed by atoms with E-state index < -0.39 is 47.1 Å². The molecule has 0 aliphatic carbocycles. The van der Waals surface area contributed by atoms with Gasteiger partial charge in [0.15, 0.2) is 6.20 Å². The van der Waals surface area contributed by atoms with Crippen LogP contribution in [0.3, 0.4) is 0 Å². The Labute approximate surface area is 132 Å². The van der Waals surface area contributed by atoms with Crippen LogP contribution in [0.5, 0.6) is 0 Å². The van der Waals surface area contributed by atoms with Gasteiger partial charge in [-0.3, -0.25) is 0 Å². The van der Waals surface area contributed by atoms with E-state index in [0.717, 1.165) is 24.3 Å². The molecule has 0 fully saturated rings. The lowest BCUT2D eigenvalue weighted by Crippen LogP contribution is -2.09. The third kappa shape index (κ3) is 3.42. The van der Waals surface area contributed by atoms with Crippen LogP contribution in [-0.4, -0.2) is 18.3 Å². The van der Waals surface area contributed by atoms with Crippen molar-refractivity contribution < 1.29 is 26.5 Å². The van der Waals surface area contributed by atoms with Gasteiger partial charge < -0.3 is 10.1 Å². The van der Waals surface area contributed by atoms with Crippen LogP contribution in [-0.2, 0) is 16.0 Å². The lowest BCUT2D eigenvalue weighted by atomic mass is 10.2. The summed E-state index contributed by atoms with van der Waals surface area (Å²) in [5.41, 5.74) is -1.30. The fraction of sp³-hybridized carbons (Fsp3) is 0.0833. The van der Waals surface area contributed by atoms with Crippen LogP contribution in [0.15, 0.2) is 46.3 Å². The van der Waals surface area contributed by atoms with Gasteiger partial charge in [-0.15, -0.1) is 0 Å². The topological polar surface area (TPSA) is 90.2 Å². The molecule has 0 radical (unpaired) electrons. The number of sulfone groups is 1. The van der Waals surface area contributed by atoms with Crippen LogP contribution in [0, 0.1) is 10.1 Å². The third-order valence-corrected chi connectivity index (χ3v) is 4.84. The fourth-order valence-corrected chi connectivity index (χ4v) is 3.12. The third-order valence-electron chi connectivity index (χ3n) is 2.77. The Morgan fingerprint density at radius 3 is 2.22 bits per heavy atom. The summed E-state index contributed by atoms with van der Waals surface area (Å²) in [6.45, 7) is 0. The fourth-order valence-electron chi connectivity index (χ4n) is 1.66. The number of aromatic nitrogens is 1. The van der Waals surface area contributed by atoms with Gasteiger partial charge in [0.25, 0.3) is 0 Å². The summed E-state index contributed by atoms with van der Waals surface area (Å²) in [7, 11) is -4.32. The van der Waals surface area contributed by atoms with Crippen molar-refractivity contribution in [3.8, 4) is 0 Å². The molecule has 0 unspecified atom stereocenters. The van der Waals surface area contributed by atoms with Gasteiger partial charge in [0.05, 0.1) is 15.5 Å². The summed E-state index contributed by atoms with van der Waals surface area (Å²) in [5, 5.41) is 9.84. The zero-order chi connectivity index (χ0) is 17.4. The largest absolute Gasteiger partial charge is 0.417 e. The average molecular weight is 367 g/mol. The highest BCUT2D eigenvalue weighted by Crippen LogP contribution is 2.36. The van der Waals surface area contributed by atoms with E-state index in [9.17, 15) is 31.7 Å². The maximum Gasteiger partial charge on any atom is 0.417 e. The van der Waals surface area contributed by atoms with Gasteiger partial charge in [-0.2, -0.15) is 13.2 Å². The summed E-state index contributed by atoms with van der Waals surface area (Å²) in [5.74, 6) is -0.587. The second-order valence-electron chi connectivity index (χ2n) is 4.25. The first kappa shape index (κ1) is 17.2. The van der Waals surface area contributed by atoms with E-state index in [1.165, 1.54) is 0 Å². The minimum absolute atomic E-state index is 0.402. The van der Waals surface area contributed by atoms with E-state index in [0.29, 0.717) is 12.3 Å². The molecule has 2 aromatic rings. The Kier molecular flexibility index (Phi) is 4.31. The average Bonchev–Trinajstić information content (AvgIpc) is 2.46. The molecule has 0 saturated heterocycles. The zero-order valence-corrected chi connectivity index (χ0v) is 12.5. The summed E-state index contributed by atoms with van der Waals surface area (Å²) < 4.78 is 63.0. The van der Waals surface area contributed by atoms with Gasteiger partial charge in [-0.1, -0.05) is 11.6 Å². The van der Waals surface area contributed by atoms with E-state index in [1.54, 1.807) is 0 Å². The number of rotatable bonds is 3. The predicted octanol–water partition coefficient (Wildman–Crippen LogP) is 3.49. The molecule has 0 N–H and O–H groups in total. The van der Waals surface area contributed by atoms with Crippen LogP contribution in [0.4, 0.5) is 19.0 Å². The second-order valence-corrected chi connectivity index (χ2v) is 6.61. The molecular weight excluding hydrogens is 361 g/mol. The Balaban J connectivity index is 2.54. The smallest absolute Gasteiger partial charge is 0.358 e. The van der Waals surface area contributed by atoms with E-state index in [1.807, 2.05) is 0 Å². The summed E-state index contributed by atoms with van der Waals surface area (Å²) >= 11 is 5.43. The van der Waals surface area contributed by atoms with Crippen molar-refractivity contribution in [2.45, 2.75) is 16.0 Å². The van der Waals surface area contributed by atoms with Gasteiger partial charge in [0, 0.05) is 6.07 Å². The van der Waals surface area contributed by atoms with Gasteiger partial charge in [-0.25, -0.2) is 8.42 Å². The van der Waals surface area contributed by atoms with Crippen molar-refractivity contribution in [2.24, 2.45) is 0 Å². The lowest BCUT2D eigenvalue weighted by Gasteiger charge is -2.11. The number of pyridine rings is 1. The highest BCUT2D eigenvalue weighted by molar-refractivity contribution is 7.91. The van der Waals surface area contributed by atoms with E-state index in [-0.39, 0.29) is 0 Å². The SMILES string of the molecule is O=[N+]([O-])c1ccc(S(=O)(=O)c2ccc(Cl)c(C(F)(F)F)c2)cn1. The van der Waals surface area contributed by atoms with Crippen molar-refractivity contribution >= 4 is 27.3 Å². The van der Waals surface area contributed by atoms with Crippen molar-refractivity contribution in [3.63, 3.8) is 0 Å². The minimum atomic E-state index is -4.82. The molecule has 1 aromatic carbocycles. The quantitative estimate of drug-likeness (QED) is 0.612. The number of alkyl halides is 3. The summed E-state index contributed by atoms with van der Waals surface area (Å²) in [4.78, 5) is 11.9. The van der Waals surface area contributed by atoms with E-state index >= 15 is 0 Å². The number of nitro groups is 1. The molecule has 0 spiro atoms. The van der Waals surface area contributed by atoms with E-state index in [2.05, 4.69) is 4.98 Å². The molecule has 0 aliphatic rings. The lowest BCUT2D eigenvalue weighted by molar-refractivity contribution is -0.389. The van der Waals surface area contributed by atoms with Crippen molar-refractivity contribution in [1.29, 1.82) is 0 Å². The van der Waals surface area contributed by atoms with E-state index in [4.69, 9.17) is 11.6 Å². The monoisotopic (exact) mass is 366 g/mol. The number of halogens is 4. The van der Waals surface area contributed by atoms with Gasteiger partial charge in [-0.05, 0) is 34.2 Å². The Bertz CT molecular complexity index is 867. The van der Waals surface area contributed by atoms with Gasteiger partial charge in [0.2, 0.25) is 9.84 Å². The van der Waals surface area contributed by atoms with Crippen LogP contribution in [0.2, 0.25) is 5.02 Å². The summed E-state index contributed by atoms with van der Waals surface area (Å²) in [6.07, 6.45) is -4.12. The van der Waals surface area contributed by atoms with Crippen molar-refractivity contribution in [1.82, 2.24) is 4.98 Å². The Morgan fingerprint density at radius 1 is 1.13 bits per heavy atom. The minimum Gasteiger partial charge on any atom is -0.358 e. The van der Waals surface area contributed by atoms with Crippen molar-refractivity contribution in [3.05, 3.63) is 57.2 Å². The van der Waals surface area contributed by atoms with Gasteiger partial charge >= 0.3 is 12.0 Å². The normalized spacial score (nSPS) is 12.2. The number of nitrogens with zero attached hydrogens (tertiary/aromatic N) is 2. The molecule has 0 aliphatic heterocycles. The predicted molar refractivity (Wildman–Crippen MR) is 72.8 cm³/mol. The first-order chi connectivity index (χ1) is 10.5. The number of hydrogen-bond donors (Lipinski definition) is 0. The molecule has 122 valence electrons. The first-order valence-corrected chi connectivity index (χ1v) is 7.62. The van der Waals surface area contributed by atoms with Crippen molar-refractivity contribution in [2.75, 3.05) is 0 Å². The molecule has 1 heterocycles. The maximum absolute atomic E-state index is 12.8.